The van der Waals surface area contributed by atoms with E-state index >= 15 is 0 Å². The lowest BCUT2D eigenvalue weighted by Gasteiger charge is -2.12. The first-order valence-corrected chi connectivity index (χ1v) is 8.21. The van der Waals surface area contributed by atoms with Crippen LogP contribution in [0.25, 0.3) is 6.08 Å². The van der Waals surface area contributed by atoms with Crippen molar-refractivity contribution in [2.45, 2.75) is 6.92 Å². The number of amides is 2. The smallest absolute Gasteiger partial charge is 0.276 e. The molecule has 0 spiro atoms. The minimum atomic E-state index is -0.690. The van der Waals surface area contributed by atoms with E-state index in [1.54, 1.807) is 18.2 Å². The normalized spacial score (nSPS) is 10.4. The molecule has 0 fully saturated rings. The summed E-state index contributed by atoms with van der Waals surface area (Å²) >= 11 is 0. The van der Waals surface area contributed by atoms with Gasteiger partial charge in [0.2, 0.25) is 0 Å². The number of nitro benzene ring substituents is 1. The summed E-state index contributed by atoms with van der Waals surface area (Å²) in [6, 6.07) is 10.4. The van der Waals surface area contributed by atoms with Gasteiger partial charge < -0.3 is 9.47 Å². The number of ether oxygens (including phenoxy) is 2. The van der Waals surface area contributed by atoms with Crippen LogP contribution >= 0.6 is 0 Å². The molecular weight excluding hydrogens is 366 g/mol. The maximum atomic E-state index is 12.0. The van der Waals surface area contributed by atoms with Crippen molar-refractivity contribution in [3.63, 3.8) is 0 Å². The van der Waals surface area contributed by atoms with E-state index in [4.69, 9.17) is 9.47 Å². The van der Waals surface area contributed by atoms with Gasteiger partial charge in [0, 0.05) is 17.7 Å². The Morgan fingerprint density at radius 3 is 2.61 bits per heavy atom. The van der Waals surface area contributed by atoms with Crippen molar-refractivity contribution < 1.29 is 24.0 Å². The number of nitrogens with one attached hydrogen (secondary N) is 2. The third-order valence-corrected chi connectivity index (χ3v) is 3.54. The van der Waals surface area contributed by atoms with Gasteiger partial charge in [0.15, 0.2) is 18.1 Å². The molecule has 0 saturated heterocycles. The number of hydrazine groups is 1. The van der Waals surface area contributed by atoms with E-state index in [1.165, 1.54) is 25.3 Å². The van der Waals surface area contributed by atoms with Crippen LogP contribution in [0.3, 0.4) is 0 Å². The minimum Gasteiger partial charge on any atom is -0.493 e. The molecule has 0 atom stereocenters. The van der Waals surface area contributed by atoms with E-state index in [9.17, 15) is 19.7 Å². The second kappa shape index (κ2) is 9.72. The average Bonchev–Trinajstić information content (AvgIpc) is 2.71. The summed E-state index contributed by atoms with van der Waals surface area (Å²) in [6.07, 6.45) is 3.77. The predicted molar refractivity (Wildman–Crippen MR) is 102 cm³/mol. The number of methoxy groups -OCH3 is 1. The molecule has 2 rings (SSSR count). The van der Waals surface area contributed by atoms with Gasteiger partial charge >= 0.3 is 0 Å². The number of benzene rings is 2. The van der Waals surface area contributed by atoms with Gasteiger partial charge in [-0.2, -0.15) is 0 Å². The minimum absolute atomic E-state index is 0.0386. The van der Waals surface area contributed by atoms with Gasteiger partial charge in [-0.25, -0.2) is 0 Å². The Balaban J connectivity index is 1.90. The van der Waals surface area contributed by atoms with Gasteiger partial charge in [-0.05, 0) is 30.7 Å². The monoisotopic (exact) mass is 385 g/mol. The van der Waals surface area contributed by atoms with Crippen LogP contribution in [0.15, 0.2) is 48.5 Å². The Kier molecular flexibility index (Phi) is 7.09. The lowest BCUT2D eigenvalue weighted by molar-refractivity contribution is -0.384. The van der Waals surface area contributed by atoms with Crippen LogP contribution in [0.1, 0.15) is 22.8 Å². The first kappa shape index (κ1) is 20.4. The number of carbonyl (C=O) groups excluding carboxylic acids is 2. The molecule has 0 aliphatic carbocycles. The molecule has 0 saturated carbocycles. The summed E-state index contributed by atoms with van der Waals surface area (Å²) in [5, 5.41) is 10.7. The third-order valence-electron chi connectivity index (χ3n) is 3.54. The number of hydrogen-bond acceptors (Lipinski definition) is 6. The molecule has 0 unspecified atom stereocenters. The molecule has 9 heteroatoms. The molecule has 0 bridgehead atoms. The highest BCUT2D eigenvalue weighted by atomic mass is 16.6. The molecule has 146 valence electrons. The largest absolute Gasteiger partial charge is 0.493 e. The highest BCUT2D eigenvalue weighted by Crippen LogP contribution is 2.28. The van der Waals surface area contributed by atoms with Gasteiger partial charge in [0.05, 0.1) is 12.0 Å². The summed E-state index contributed by atoms with van der Waals surface area (Å²) < 4.78 is 10.6. The van der Waals surface area contributed by atoms with Crippen LogP contribution < -0.4 is 20.3 Å². The molecule has 0 aromatic heterocycles. The molecule has 2 N–H and O–H groups in total. The molecule has 2 aromatic rings. The number of carbonyl (C=O) groups is 2. The Hall–Kier alpha value is -3.88. The van der Waals surface area contributed by atoms with Gasteiger partial charge in [-0.3, -0.25) is 30.6 Å². The SMILES string of the molecule is C/C=C/c1ccc(OCC(=O)NNC(=O)c2cccc([N+](=O)[O-])c2)c(OC)c1. The van der Waals surface area contributed by atoms with Crippen molar-refractivity contribution in [3.8, 4) is 11.5 Å². The molecule has 0 aliphatic heterocycles. The van der Waals surface area contributed by atoms with Crippen LogP contribution in [0.2, 0.25) is 0 Å². The predicted octanol–water partition coefficient (Wildman–Crippen LogP) is 2.48. The second-order valence-corrected chi connectivity index (χ2v) is 5.51. The van der Waals surface area contributed by atoms with Gasteiger partial charge in [0.25, 0.3) is 17.5 Å². The van der Waals surface area contributed by atoms with E-state index in [0.717, 1.165) is 11.6 Å². The Labute approximate surface area is 161 Å². The maximum absolute atomic E-state index is 12.0. The van der Waals surface area contributed by atoms with E-state index in [2.05, 4.69) is 10.9 Å². The van der Waals surface area contributed by atoms with E-state index in [1.807, 2.05) is 19.1 Å². The standard InChI is InChI=1S/C19H19N3O6/c1-3-5-13-8-9-16(17(10-13)27-2)28-12-18(23)20-21-19(24)14-6-4-7-15(11-14)22(25)26/h3-11H,12H2,1-2H3,(H,20,23)(H,21,24)/b5-3+. The van der Waals surface area contributed by atoms with Crippen LogP contribution in [0.5, 0.6) is 11.5 Å². The highest BCUT2D eigenvalue weighted by Gasteiger charge is 2.13. The fourth-order valence-electron chi connectivity index (χ4n) is 2.24. The zero-order chi connectivity index (χ0) is 20.5. The molecule has 2 amide bonds. The molecule has 0 radical (unpaired) electrons. The first-order valence-electron chi connectivity index (χ1n) is 8.21. The molecule has 0 heterocycles. The van der Waals surface area contributed by atoms with E-state index < -0.39 is 16.7 Å². The van der Waals surface area contributed by atoms with Crippen LogP contribution in [-0.2, 0) is 4.79 Å². The topological polar surface area (TPSA) is 120 Å². The van der Waals surface area contributed by atoms with Crippen molar-refractivity contribution >= 4 is 23.6 Å². The summed E-state index contributed by atoms with van der Waals surface area (Å²) in [5.74, 6) is -0.469. The summed E-state index contributed by atoms with van der Waals surface area (Å²) in [6.45, 7) is 1.53. The molecule has 2 aromatic carbocycles. The summed E-state index contributed by atoms with van der Waals surface area (Å²) in [4.78, 5) is 34.0. The highest BCUT2D eigenvalue weighted by molar-refractivity contribution is 5.96. The van der Waals surface area contributed by atoms with Crippen LogP contribution in [0.4, 0.5) is 5.69 Å². The van der Waals surface area contributed by atoms with Crippen molar-refractivity contribution in [2.24, 2.45) is 0 Å². The Morgan fingerprint density at radius 1 is 1.14 bits per heavy atom. The van der Waals surface area contributed by atoms with Crippen molar-refractivity contribution in [1.29, 1.82) is 0 Å². The fourth-order valence-corrected chi connectivity index (χ4v) is 2.24. The fraction of sp³-hybridized carbons (Fsp3) is 0.158. The van der Waals surface area contributed by atoms with Crippen LogP contribution in [0, 0.1) is 10.1 Å². The Morgan fingerprint density at radius 2 is 1.93 bits per heavy atom. The third kappa shape index (κ3) is 5.56. The number of nitro groups is 1. The maximum Gasteiger partial charge on any atom is 0.276 e. The van der Waals surface area contributed by atoms with Gasteiger partial charge in [0.1, 0.15) is 0 Å². The number of nitrogens with zero attached hydrogens (tertiary/aromatic N) is 1. The molecule has 9 nitrogen and oxygen atoms in total. The number of rotatable bonds is 7. The van der Waals surface area contributed by atoms with Crippen molar-refractivity contribution in [2.75, 3.05) is 13.7 Å². The van der Waals surface area contributed by atoms with Gasteiger partial charge in [-0.15, -0.1) is 0 Å². The van der Waals surface area contributed by atoms with E-state index in [-0.39, 0.29) is 17.9 Å². The summed E-state index contributed by atoms with van der Waals surface area (Å²) in [7, 11) is 1.49. The van der Waals surface area contributed by atoms with Crippen LogP contribution in [-0.4, -0.2) is 30.5 Å². The van der Waals surface area contributed by atoms with Crippen molar-refractivity contribution in [1.82, 2.24) is 10.9 Å². The number of allylic oxidation sites excluding steroid dienone is 1. The zero-order valence-corrected chi connectivity index (χ0v) is 15.3. The molecule has 0 aliphatic rings. The second-order valence-electron chi connectivity index (χ2n) is 5.51. The lowest BCUT2D eigenvalue weighted by atomic mass is 10.2. The zero-order valence-electron chi connectivity index (χ0n) is 15.3. The number of non-ortho nitro benzene ring substituents is 1. The average molecular weight is 385 g/mol. The first-order chi connectivity index (χ1) is 13.4. The number of hydrogen-bond donors (Lipinski definition) is 2. The van der Waals surface area contributed by atoms with E-state index in [0.29, 0.717) is 11.5 Å². The molecule has 28 heavy (non-hydrogen) atoms. The Bertz CT molecular complexity index is 910. The summed E-state index contributed by atoms with van der Waals surface area (Å²) in [5.41, 5.74) is 5.09. The molecular formula is C19H19N3O6. The lowest BCUT2D eigenvalue weighted by Crippen LogP contribution is -2.43. The quantitative estimate of drug-likeness (QED) is 0.558. The van der Waals surface area contributed by atoms with Gasteiger partial charge in [-0.1, -0.05) is 24.3 Å². The van der Waals surface area contributed by atoms with Crippen molar-refractivity contribution in [3.05, 3.63) is 69.8 Å².